The summed E-state index contributed by atoms with van der Waals surface area (Å²) >= 11 is 6.22. The number of nitrogens with one attached hydrogen (secondary N) is 1. The van der Waals surface area contributed by atoms with Crippen LogP contribution in [-0.2, 0) is 13.1 Å². The van der Waals surface area contributed by atoms with E-state index in [1.165, 1.54) is 40.9 Å². The number of rotatable bonds is 12. The van der Waals surface area contributed by atoms with Crippen LogP contribution in [0.2, 0.25) is 5.02 Å². The molecule has 0 saturated carbocycles. The third kappa shape index (κ3) is 8.34. The van der Waals surface area contributed by atoms with Crippen LogP contribution in [0.25, 0.3) is 16.6 Å². The number of hydrogen-bond acceptors (Lipinski definition) is 5. The van der Waals surface area contributed by atoms with E-state index in [4.69, 9.17) is 21.3 Å². The highest BCUT2D eigenvalue weighted by atomic mass is 35.5. The lowest BCUT2D eigenvalue weighted by molar-refractivity contribution is 0.256. The zero-order valence-electron chi connectivity index (χ0n) is 29.2. The quantitative estimate of drug-likeness (QED) is 0.132. The number of allylic oxidation sites excluding steroid dienone is 1. The Morgan fingerprint density at radius 2 is 1.68 bits per heavy atom. The van der Waals surface area contributed by atoms with Crippen molar-refractivity contribution in [1.29, 1.82) is 0 Å². The van der Waals surface area contributed by atoms with E-state index < -0.39 is 0 Å². The molecule has 4 aromatic carbocycles. The normalized spacial score (nSPS) is 16.6. The smallest absolute Gasteiger partial charge is 0.204 e. The summed E-state index contributed by atoms with van der Waals surface area (Å²) < 4.78 is 21.3. The summed E-state index contributed by atoms with van der Waals surface area (Å²) in [5.74, 6) is 1.27. The fourth-order valence-corrected chi connectivity index (χ4v) is 7.55. The molecule has 260 valence electrons. The number of aromatic nitrogens is 2. The van der Waals surface area contributed by atoms with Gasteiger partial charge in [-0.1, -0.05) is 67.4 Å². The average Bonchev–Trinajstić information content (AvgIpc) is 3.48. The minimum Gasteiger partial charge on any atom is -0.494 e. The lowest BCUT2D eigenvalue weighted by Gasteiger charge is -2.39. The van der Waals surface area contributed by atoms with Crippen LogP contribution < -0.4 is 15.0 Å². The van der Waals surface area contributed by atoms with E-state index in [-0.39, 0.29) is 5.82 Å². The Kier molecular flexibility index (Phi) is 10.4. The number of halogens is 2. The molecule has 0 bridgehead atoms. The van der Waals surface area contributed by atoms with Crippen molar-refractivity contribution in [3.05, 3.63) is 125 Å². The molecule has 1 saturated heterocycles. The summed E-state index contributed by atoms with van der Waals surface area (Å²) in [6.45, 7) is 12.0. The monoisotopic (exact) mass is 691 g/mol. The molecule has 50 heavy (non-hydrogen) atoms. The minimum absolute atomic E-state index is 0.261. The summed E-state index contributed by atoms with van der Waals surface area (Å²) in [7, 11) is 0. The first-order valence-corrected chi connectivity index (χ1v) is 18.3. The molecule has 0 unspecified atom stereocenters. The molecule has 0 spiro atoms. The van der Waals surface area contributed by atoms with E-state index in [1.807, 2.05) is 24.3 Å². The minimum atomic E-state index is -0.261. The molecule has 1 aromatic heterocycles. The SMILES string of the molecule is CC1(C)CCC(c2ccc(Cl)cc2)=C(CN2CCN(c3cccc(CNc4nc5ccccc5n4CCCOc4ccc(F)cc4)c3)CC2)C1. The molecular weight excluding hydrogens is 645 g/mol. The number of anilines is 2. The lowest BCUT2D eigenvalue weighted by Crippen LogP contribution is -2.47. The fourth-order valence-electron chi connectivity index (χ4n) is 7.42. The zero-order chi connectivity index (χ0) is 34.5. The fraction of sp³-hybridized carbons (Fsp3) is 0.357. The van der Waals surface area contributed by atoms with Gasteiger partial charge in [-0.15, -0.1) is 0 Å². The average molecular weight is 692 g/mol. The predicted octanol–water partition coefficient (Wildman–Crippen LogP) is 9.70. The first-order chi connectivity index (χ1) is 24.3. The summed E-state index contributed by atoms with van der Waals surface area (Å²) in [6.07, 6.45) is 4.30. The number of aryl methyl sites for hydroxylation is 1. The van der Waals surface area contributed by atoms with E-state index in [1.54, 1.807) is 17.7 Å². The van der Waals surface area contributed by atoms with E-state index >= 15 is 0 Å². The van der Waals surface area contributed by atoms with Crippen molar-refractivity contribution in [2.24, 2.45) is 5.41 Å². The van der Waals surface area contributed by atoms with Gasteiger partial charge in [-0.05, 0) is 108 Å². The first kappa shape index (κ1) is 34.1. The second-order valence-electron chi connectivity index (χ2n) is 14.4. The van der Waals surface area contributed by atoms with Crippen molar-refractivity contribution >= 4 is 39.8 Å². The number of nitrogens with zero attached hydrogens (tertiary/aromatic N) is 4. The zero-order valence-corrected chi connectivity index (χ0v) is 29.9. The highest BCUT2D eigenvalue weighted by Gasteiger charge is 2.29. The molecule has 0 atom stereocenters. The first-order valence-electron chi connectivity index (χ1n) is 17.9. The molecule has 1 aliphatic heterocycles. The molecule has 1 aliphatic carbocycles. The molecule has 6 nitrogen and oxygen atoms in total. The Balaban J connectivity index is 0.964. The Morgan fingerprint density at radius 1 is 0.900 bits per heavy atom. The maximum atomic E-state index is 13.3. The Morgan fingerprint density at radius 3 is 2.48 bits per heavy atom. The standard InChI is InChI=1S/C42H47ClFN5O/c1-42(2)20-19-38(32-11-13-34(43)14-12-32)33(28-42)30-47-22-24-48(25-23-47)36-8-5-7-31(27-36)29-45-41-46-39-9-3-4-10-40(39)49(41)21-6-26-50-37-17-15-35(44)16-18-37/h3-5,7-18,27H,6,19-26,28-30H2,1-2H3,(H,45,46). The topological polar surface area (TPSA) is 45.6 Å². The van der Waals surface area contributed by atoms with Crippen molar-refractivity contribution in [1.82, 2.24) is 14.5 Å². The second kappa shape index (κ2) is 15.3. The molecule has 0 radical (unpaired) electrons. The van der Waals surface area contributed by atoms with Gasteiger partial charge >= 0.3 is 0 Å². The maximum absolute atomic E-state index is 13.3. The van der Waals surface area contributed by atoms with Gasteiger partial charge in [-0.25, -0.2) is 9.37 Å². The van der Waals surface area contributed by atoms with E-state index in [2.05, 4.69) is 82.1 Å². The van der Waals surface area contributed by atoms with Gasteiger partial charge in [0.25, 0.3) is 0 Å². The maximum Gasteiger partial charge on any atom is 0.204 e. The van der Waals surface area contributed by atoms with Crippen LogP contribution in [0.1, 0.15) is 50.7 Å². The van der Waals surface area contributed by atoms with Crippen LogP contribution in [0.3, 0.4) is 0 Å². The van der Waals surface area contributed by atoms with Crippen LogP contribution in [0, 0.1) is 11.2 Å². The summed E-state index contributed by atoms with van der Waals surface area (Å²) in [5.41, 5.74) is 9.35. The van der Waals surface area contributed by atoms with Crippen molar-refractivity contribution in [3.8, 4) is 5.75 Å². The molecule has 5 aromatic rings. The molecular formula is C42H47ClFN5O. The molecule has 1 N–H and O–H groups in total. The van der Waals surface area contributed by atoms with Crippen LogP contribution in [0.5, 0.6) is 5.75 Å². The Labute approximate surface area is 300 Å². The number of piperazine rings is 1. The van der Waals surface area contributed by atoms with Crippen LogP contribution in [0.15, 0.2) is 103 Å². The van der Waals surface area contributed by atoms with Crippen molar-refractivity contribution in [2.45, 2.75) is 52.6 Å². The van der Waals surface area contributed by atoms with Gasteiger partial charge < -0.3 is 19.5 Å². The second-order valence-corrected chi connectivity index (χ2v) is 14.9. The van der Waals surface area contributed by atoms with Crippen molar-refractivity contribution in [3.63, 3.8) is 0 Å². The highest BCUT2D eigenvalue weighted by molar-refractivity contribution is 6.30. The third-order valence-electron chi connectivity index (χ3n) is 10.1. The Hall–Kier alpha value is -4.33. The number of para-hydroxylation sites is 2. The van der Waals surface area contributed by atoms with Gasteiger partial charge in [0.2, 0.25) is 5.95 Å². The van der Waals surface area contributed by atoms with Crippen molar-refractivity contribution in [2.75, 3.05) is 49.5 Å². The van der Waals surface area contributed by atoms with Gasteiger partial charge in [-0.3, -0.25) is 4.90 Å². The number of benzene rings is 4. The van der Waals surface area contributed by atoms with Gasteiger partial charge in [-0.2, -0.15) is 0 Å². The van der Waals surface area contributed by atoms with Crippen molar-refractivity contribution < 1.29 is 9.13 Å². The summed E-state index contributed by atoms with van der Waals surface area (Å²) in [6, 6.07) is 31.7. The highest BCUT2D eigenvalue weighted by Crippen LogP contribution is 2.43. The van der Waals surface area contributed by atoms with Crippen LogP contribution >= 0.6 is 11.6 Å². The van der Waals surface area contributed by atoms with Gasteiger partial charge in [0.05, 0.1) is 17.6 Å². The van der Waals surface area contributed by atoms with Gasteiger partial charge in [0.1, 0.15) is 11.6 Å². The number of hydrogen-bond donors (Lipinski definition) is 1. The molecule has 7 rings (SSSR count). The van der Waals surface area contributed by atoms with Crippen LogP contribution in [0.4, 0.5) is 16.0 Å². The van der Waals surface area contributed by atoms with E-state index in [9.17, 15) is 4.39 Å². The molecule has 2 aliphatic rings. The lowest BCUT2D eigenvalue weighted by atomic mass is 9.73. The molecule has 2 heterocycles. The molecule has 0 amide bonds. The summed E-state index contributed by atoms with van der Waals surface area (Å²) in [5, 5.41) is 4.42. The van der Waals surface area contributed by atoms with Gasteiger partial charge in [0, 0.05) is 56.5 Å². The number of fused-ring (bicyclic) bond motifs is 1. The van der Waals surface area contributed by atoms with E-state index in [0.717, 1.165) is 80.5 Å². The summed E-state index contributed by atoms with van der Waals surface area (Å²) in [4.78, 5) is 10.1. The Bertz CT molecular complexity index is 1930. The largest absolute Gasteiger partial charge is 0.494 e. The molecule has 8 heteroatoms. The number of imidazole rings is 1. The molecule has 1 fully saturated rings. The van der Waals surface area contributed by atoms with E-state index in [0.29, 0.717) is 24.3 Å². The number of ether oxygens (including phenoxy) is 1. The third-order valence-corrected chi connectivity index (χ3v) is 10.4. The van der Waals surface area contributed by atoms with Gasteiger partial charge in [0.15, 0.2) is 0 Å². The predicted molar refractivity (Wildman–Crippen MR) is 205 cm³/mol. The van der Waals surface area contributed by atoms with Crippen LogP contribution in [-0.4, -0.2) is 53.8 Å².